The van der Waals surface area contributed by atoms with E-state index < -0.39 is 0 Å². The van der Waals surface area contributed by atoms with Gasteiger partial charge in [-0.1, -0.05) is 6.07 Å². The van der Waals surface area contributed by atoms with Crippen molar-refractivity contribution in [2.24, 2.45) is 0 Å². The van der Waals surface area contributed by atoms with Crippen LogP contribution in [-0.4, -0.2) is 34.3 Å². The quantitative estimate of drug-likeness (QED) is 0.591. The van der Waals surface area contributed by atoms with E-state index in [1.54, 1.807) is 24.4 Å². The lowest BCUT2D eigenvalue weighted by molar-refractivity contribution is -0.114. The van der Waals surface area contributed by atoms with Crippen molar-refractivity contribution in [3.63, 3.8) is 0 Å². The molecule has 1 aromatic carbocycles. The van der Waals surface area contributed by atoms with Crippen molar-refractivity contribution in [2.75, 3.05) is 23.7 Å². The van der Waals surface area contributed by atoms with E-state index in [1.807, 2.05) is 18.2 Å². The number of nitrogens with zero attached hydrogens (tertiary/aromatic N) is 2. The van der Waals surface area contributed by atoms with Crippen molar-refractivity contribution in [2.45, 2.75) is 6.92 Å². The molecule has 0 saturated heterocycles. The molecule has 3 rings (SSSR count). The van der Waals surface area contributed by atoms with Gasteiger partial charge in [-0.3, -0.25) is 14.6 Å². The van der Waals surface area contributed by atoms with Gasteiger partial charge in [-0.05, 0) is 41.9 Å². The van der Waals surface area contributed by atoms with E-state index in [0.717, 1.165) is 21.6 Å². The maximum atomic E-state index is 11.9. The van der Waals surface area contributed by atoms with Crippen LogP contribution in [0.4, 0.5) is 11.5 Å². The van der Waals surface area contributed by atoms with Crippen molar-refractivity contribution >= 4 is 44.9 Å². The van der Waals surface area contributed by atoms with Gasteiger partial charge in [-0.15, -0.1) is 0 Å². The van der Waals surface area contributed by atoms with E-state index in [9.17, 15) is 9.59 Å². The number of carbonyl (C=O) groups excluding carboxylic acids is 2. The lowest BCUT2D eigenvalue weighted by Crippen LogP contribution is -2.29. The molecule has 2 aromatic heterocycles. The van der Waals surface area contributed by atoms with Gasteiger partial charge in [0.05, 0.1) is 4.70 Å². The number of fused-ring (bicyclic) bond motifs is 1. The Morgan fingerprint density at radius 2 is 2.04 bits per heavy atom. The lowest BCUT2D eigenvalue weighted by Gasteiger charge is -2.06. The van der Waals surface area contributed by atoms with Crippen LogP contribution in [0.5, 0.6) is 0 Å². The molecule has 0 aliphatic heterocycles. The van der Waals surface area contributed by atoms with Gasteiger partial charge in [-0.2, -0.15) is 4.37 Å². The van der Waals surface area contributed by atoms with Crippen LogP contribution in [-0.2, 0) is 4.79 Å². The summed E-state index contributed by atoms with van der Waals surface area (Å²) in [7, 11) is 0. The van der Waals surface area contributed by atoms with Crippen molar-refractivity contribution in [1.29, 1.82) is 0 Å². The molecular formula is C17H17N5O2S. The molecule has 8 heteroatoms. The number of rotatable bonds is 6. The first-order chi connectivity index (χ1) is 12.1. The van der Waals surface area contributed by atoms with E-state index in [-0.39, 0.29) is 11.8 Å². The SMILES string of the molecule is CC(=O)Nc1ccc2c(NCCNC(=O)c3ccccn3)nsc2c1. The predicted octanol–water partition coefficient (Wildman–Crippen LogP) is 2.49. The molecule has 0 atom stereocenters. The van der Waals surface area contributed by atoms with E-state index in [2.05, 4.69) is 25.3 Å². The number of benzene rings is 1. The average Bonchev–Trinajstić information content (AvgIpc) is 3.01. The van der Waals surface area contributed by atoms with Gasteiger partial charge in [0.15, 0.2) is 0 Å². The topological polar surface area (TPSA) is 96.0 Å². The molecule has 0 radical (unpaired) electrons. The standard InChI is InChI=1S/C17H17N5O2S/c1-11(23)21-12-5-6-13-15(10-12)25-22-16(13)19-8-9-20-17(24)14-4-2-3-7-18-14/h2-7,10H,8-9H2,1H3,(H,19,22)(H,20,24)(H,21,23). The highest BCUT2D eigenvalue weighted by molar-refractivity contribution is 7.13. The number of amides is 2. The second-order valence-corrected chi connectivity index (χ2v) is 6.13. The maximum absolute atomic E-state index is 11.9. The highest BCUT2D eigenvalue weighted by atomic mass is 32.1. The van der Waals surface area contributed by atoms with E-state index in [4.69, 9.17) is 0 Å². The van der Waals surface area contributed by atoms with Crippen LogP contribution in [0.1, 0.15) is 17.4 Å². The number of anilines is 2. The molecule has 0 aliphatic rings. The zero-order valence-electron chi connectivity index (χ0n) is 13.6. The largest absolute Gasteiger partial charge is 0.367 e. The fraction of sp³-hybridized carbons (Fsp3) is 0.176. The van der Waals surface area contributed by atoms with Crippen LogP contribution in [0.3, 0.4) is 0 Å². The Morgan fingerprint density at radius 1 is 1.16 bits per heavy atom. The fourth-order valence-corrected chi connectivity index (χ4v) is 3.09. The molecule has 2 heterocycles. The number of aromatic nitrogens is 2. The molecule has 0 bridgehead atoms. The van der Waals surface area contributed by atoms with Gasteiger partial charge in [0.2, 0.25) is 5.91 Å². The van der Waals surface area contributed by atoms with Crippen LogP contribution < -0.4 is 16.0 Å². The van der Waals surface area contributed by atoms with Crippen LogP contribution in [0, 0.1) is 0 Å². The summed E-state index contributed by atoms with van der Waals surface area (Å²) < 4.78 is 5.36. The van der Waals surface area contributed by atoms with E-state index in [1.165, 1.54) is 18.5 Å². The van der Waals surface area contributed by atoms with Gasteiger partial charge in [0.1, 0.15) is 11.5 Å². The second kappa shape index (κ2) is 7.71. The number of nitrogens with one attached hydrogen (secondary N) is 3. The molecule has 3 aromatic rings. The number of carbonyl (C=O) groups is 2. The van der Waals surface area contributed by atoms with Crippen molar-refractivity contribution in [1.82, 2.24) is 14.7 Å². The predicted molar refractivity (Wildman–Crippen MR) is 99.0 cm³/mol. The summed E-state index contributed by atoms with van der Waals surface area (Å²) >= 11 is 1.36. The number of hydrogen-bond donors (Lipinski definition) is 3. The van der Waals surface area contributed by atoms with Gasteiger partial charge in [0.25, 0.3) is 5.91 Å². The van der Waals surface area contributed by atoms with Gasteiger partial charge in [-0.25, -0.2) is 0 Å². The zero-order valence-corrected chi connectivity index (χ0v) is 14.4. The Hall–Kier alpha value is -3.00. The number of pyridine rings is 1. The Morgan fingerprint density at radius 3 is 2.80 bits per heavy atom. The van der Waals surface area contributed by atoms with E-state index >= 15 is 0 Å². The van der Waals surface area contributed by atoms with Crippen LogP contribution >= 0.6 is 11.5 Å². The molecule has 128 valence electrons. The first kappa shape index (κ1) is 16.8. The van der Waals surface area contributed by atoms with Crippen molar-refractivity contribution < 1.29 is 9.59 Å². The minimum Gasteiger partial charge on any atom is -0.367 e. The van der Waals surface area contributed by atoms with Crippen molar-refractivity contribution in [3.8, 4) is 0 Å². The van der Waals surface area contributed by atoms with E-state index in [0.29, 0.717) is 18.8 Å². The Labute approximate surface area is 148 Å². The Kier molecular flexibility index (Phi) is 5.20. The van der Waals surface area contributed by atoms with Crippen LogP contribution in [0.15, 0.2) is 42.6 Å². The van der Waals surface area contributed by atoms with Gasteiger partial charge < -0.3 is 16.0 Å². The first-order valence-electron chi connectivity index (χ1n) is 7.73. The molecule has 0 aliphatic carbocycles. The minimum atomic E-state index is -0.203. The fourth-order valence-electron chi connectivity index (χ4n) is 2.29. The normalized spacial score (nSPS) is 10.4. The zero-order chi connectivity index (χ0) is 17.6. The Bertz CT molecular complexity index is 894. The average molecular weight is 355 g/mol. The maximum Gasteiger partial charge on any atom is 0.269 e. The smallest absolute Gasteiger partial charge is 0.269 e. The summed E-state index contributed by atoms with van der Waals surface area (Å²) in [4.78, 5) is 27.0. The first-order valence-corrected chi connectivity index (χ1v) is 8.51. The summed E-state index contributed by atoms with van der Waals surface area (Å²) in [5.74, 6) is 0.456. The molecule has 7 nitrogen and oxygen atoms in total. The van der Waals surface area contributed by atoms with Crippen molar-refractivity contribution in [3.05, 3.63) is 48.3 Å². The lowest BCUT2D eigenvalue weighted by atomic mass is 10.2. The van der Waals surface area contributed by atoms with Gasteiger partial charge in [0, 0.05) is 37.3 Å². The molecule has 0 saturated carbocycles. The third-order valence-electron chi connectivity index (χ3n) is 3.39. The summed E-state index contributed by atoms with van der Waals surface area (Å²) in [6.07, 6.45) is 1.59. The molecule has 3 N–H and O–H groups in total. The summed E-state index contributed by atoms with van der Waals surface area (Å²) in [5.41, 5.74) is 1.14. The summed E-state index contributed by atoms with van der Waals surface area (Å²) in [6, 6.07) is 10.9. The summed E-state index contributed by atoms with van der Waals surface area (Å²) in [5, 5.41) is 9.75. The molecule has 0 unspecified atom stereocenters. The number of hydrogen-bond acceptors (Lipinski definition) is 6. The molecule has 25 heavy (non-hydrogen) atoms. The minimum absolute atomic E-state index is 0.106. The van der Waals surface area contributed by atoms with Gasteiger partial charge >= 0.3 is 0 Å². The third-order valence-corrected chi connectivity index (χ3v) is 4.20. The highest BCUT2D eigenvalue weighted by Crippen LogP contribution is 2.29. The Balaban J connectivity index is 1.55. The highest BCUT2D eigenvalue weighted by Gasteiger charge is 2.08. The summed E-state index contributed by atoms with van der Waals surface area (Å²) in [6.45, 7) is 2.48. The molecule has 0 spiro atoms. The van der Waals surface area contributed by atoms with Crippen LogP contribution in [0.25, 0.3) is 10.1 Å². The molecule has 2 amide bonds. The van der Waals surface area contributed by atoms with Crippen LogP contribution in [0.2, 0.25) is 0 Å². The second-order valence-electron chi connectivity index (χ2n) is 5.32. The molecule has 0 fully saturated rings. The molecular weight excluding hydrogens is 338 g/mol. The monoisotopic (exact) mass is 355 g/mol. The third kappa shape index (κ3) is 4.30.